The van der Waals surface area contributed by atoms with Crippen LogP contribution in [0.3, 0.4) is 0 Å². The predicted octanol–water partition coefficient (Wildman–Crippen LogP) is 3.20. The lowest BCUT2D eigenvalue weighted by molar-refractivity contribution is -0.123. The zero-order valence-corrected chi connectivity index (χ0v) is 12.2. The number of likely N-dealkylation sites (N-methyl/N-ethyl adjacent to an activating group) is 1. The van der Waals surface area contributed by atoms with Gasteiger partial charge < -0.3 is 4.90 Å². The van der Waals surface area contributed by atoms with Gasteiger partial charge in [0.15, 0.2) is 0 Å². The van der Waals surface area contributed by atoms with Crippen LogP contribution < -0.4 is 0 Å². The van der Waals surface area contributed by atoms with Crippen molar-refractivity contribution in [2.24, 2.45) is 0 Å². The monoisotopic (exact) mass is 345 g/mol. The van der Waals surface area contributed by atoms with Crippen molar-refractivity contribution in [3.63, 3.8) is 0 Å². The molecule has 1 aliphatic heterocycles. The third-order valence-electron chi connectivity index (χ3n) is 2.96. The van der Waals surface area contributed by atoms with Crippen molar-refractivity contribution in [2.45, 2.75) is 12.3 Å². The van der Waals surface area contributed by atoms with E-state index < -0.39 is 0 Å². The van der Waals surface area contributed by atoms with Crippen LogP contribution >= 0.6 is 31.9 Å². The number of piperidine rings is 1. The summed E-state index contributed by atoms with van der Waals surface area (Å²) >= 11 is 6.97. The number of ketones is 1. The normalized spacial score (nSPS) is 22.4. The summed E-state index contributed by atoms with van der Waals surface area (Å²) in [4.78, 5) is 14.1. The zero-order valence-electron chi connectivity index (χ0n) is 9.04. The Morgan fingerprint density at radius 2 is 2.12 bits per heavy atom. The zero-order chi connectivity index (χ0) is 11.7. The minimum Gasteiger partial charge on any atom is -0.305 e. The fourth-order valence-corrected chi connectivity index (χ4v) is 2.94. The van der Waals surface area contributed by atoms with Crippen molar-refractivity contribution in [1.29, 1.82) is 0 Å². The minimum absolute atomic E-state index is 0.00521. The summed E-state index contributed by atoms with van der Waals surface area (Å²) < 4.78 is 2.04. The highest BCUT2D eigenvalue weighted by molar-refractivity contribution is 9.11. The molecule has 4 heteroatoms. The first-order valence-electron chi connectivity index (χ1n) is 5.24. The van der Waals surface area contributed by atoms with Gasteiger partial charge in [-0.1, -0.05) is 31.9 Å². The smallest absolute Gasteiger partial charge is 0.142 e. The van der Waals surface area contributed by atoms with Crippen LogP contribution in [0.25, 0.3) is 0 Å². The first-order valence-corrected chi connectivity index (χ1v) is 6.82. The third-order valence-corrected chi connectivity index (χ3v) is 4.17. The Morgan fingerprint density at radius 3 is 2.88 bits per heavy atom. The molecule has 2 rings (SSSR count). The van der Waals surface area contributed by atoms with Gasteiger partial charge in [0.05, 0.1) is 5.92 Å². The molecule has 16 heavy (non-hydrogen) atoms. The molecule has 1 atom stereocenters. The van der Waals surface area contributed by atoms with E-state index >= 15 is 0 Å². The van der Waals surface area contributed by atoms with Crippen molar-refractivity contribution >= 4 is 37.6 Å². The number of halogens is 2. The quantitative estimate of drug-likeness (QED) is 0.778. The van der Waals surface area contributed by atoms with Crippen molar-refractivity contribution in [3.05, 3.63) is 32.7 Å². The first-order chi connectivity index (χ1) is 7.58. The van der Waals surface area contributed by atoms with E-state index in [1.807, 2.05) is 18.2 Å². The second-order valence-corrected chi connectivity index (χ2v) is 5.97. The summed E-state index contributed by atoms with van der Waals surface area (Å²) in [6.45, 7) is 1.69. The third kappa shape index (κ3) is 2.55. The highest BCUT2D eigenvalue weighted by Crippen LogP contribution is 2.31. The Balaban J connectivity index is 2.34. The molecule has 1 saturated heterocycles. The molecule has 0 radical (unpaired) electrons. The maximum absolute atomic E-state index is 11.9. The Bertz CT molecular complexity index is 419. The highest BCUT2D eigenvalue weighted by Gasteiger charge is 2.28. The topological polar surface area (TPSA) is 20.3 Å². The number of hydrogen-bond acceptors (Lipinski definition) is 2. The summed E-state index contributed by atoms with van der Waals surface area (Å²) in [7, 11) is 2.06. The average Bonchev–Trinajstić information content (AvgIpc) is 2.25. The van der Waals surface area contributed by atoms with Crippen LogP contribution in [-0.4, -0.2) is 30.8 Å². The van der Waals surface area contributed by atoms with Gasteiger partial charge in [0.1, 0.15) is 5.78 Å². The molecule has 1 aromatic rings. The molecular formula is C12H13Br2NO. The number of likely N-dealkylation sites (tertiary alicyclic amines) is 1. The summed E-state index contributed by atoms with van der Waals surface area (Å²) in [5, 5.41) is 0. The molecule has 1 aromatic carbocycles. The van der Waals surface area contributed by atoms with Crippen LogP contribution in [0.1, 0.15) is 17.9 Å². The molecule has 0 aromatic heterocycles. The first kappa shape index (κ1) is 12.3. The molecule has 86 valence electrons. The summed E-state index contributed by atoms with van der Waals surface area (Å²) in [5.41, 5.74) is 1.09. The largest absolute Gasteiger partial charge is 0.305 e. The highest BCUT2D eigenvalue weighted by atomic mass is 79.9. The number of benzene rings is 1. The Kier molecular flexibility index (Phi) is 3.82. The van der Waals surface area contributed by atoms with E-state index in [2.05, 4.69) is 43.8 Å². The van der Waals surface area contributed by atoms with E-state index in [1.54, 1.807) is 0 Å². The predicted molar refractivity (Wildman–Crippen MR) is 71.7 cm³/mol. The Morgan fingerprint density at radius 1 is 1.38 bits per heavy atom. The number of carbonyl (C=O) groups excluding carboxylic acids is 1. The fourth-order valence-electron chi connectivity index (χ4n) is 2.03. The van der Waals surface area contributed by atoms with Crippen LogP contribution in [0.5, 0.6) is 0 Å². The molecule has 0 aliphatic carbocycles. The maximum Gasteiger partial charge on any atom is 0.142 e. The molecule has 0 amide bonds. The molecule has 0 N–H and O–H groups in total. The van der Waals surface area contributed by atoms with Gasteiger partial charge in [0.2, 0.25) is 0 Å². The lowest BCUT2D eigenvalue weighted by atomic mass is 9.90. The summed E-state index contributed by atoms with van der Waals surface area (Å²) in [6, 6.07) is 6.00. The minimum atomic E-state index is 0.00521. The van der Waals surface area contributed by atoms with Crippen molar-refractivity contribution < 1.29 is 4.79 Å². The van der Waals surface area contributed by atoms with Crippen molar-refractivity contribution in [3.8, 4) is 0 Å². The number of carbonyl (C=O) groups is 1. The number of hydrogen-bond donors (Lipinski definition) is 0. The molecular weight excluding hydrogens is 334 g/mol. The van der Waals surface area contributed by atoms with E-state index in [1.165, 1.54) is 0 Å². The molecule has 1 heterocycles. The van der Waals surface area contributed by atoms with Crippen molar-refractivity contribution in [2.75, 3.05) is 20.1 Å². The van der Waals surface area contributed by atoms with Gasteiger partial charge in [0, 0.05) is 28.5 Å². The number of rotatable bonds is 1. The molecule has 1 unspecified atom stereocenters. The molecule has 2 nitrogen and oxygen atoms in total. The van der Waals surface area contributed by atoms with Gasteiger partial charge in [-0.05, 0) is 30.8 Å². The van der Waals surface area contributed by atoms with E-state index in [9.17, 15) is 4.79 Å². The lowest BCUT2D eigenvalue weighted by Gasteiger charge is -2.29. The molecule has 0 spiro atoms. The SMILES string of the molecule is CN1CCC(=O)C(c2cc(Br)ccc2Br)C1. The van der Waals surface area contributed by atoms with Crippen LogP contribution in [0.15, 0.2) is 27.1 Å². The van der Waals surface area contributed by atoms with Crippen LogP contribution in [0.2, 0.25) is 0 Å². The molecule has 1 fully saturated rings. The fraction of sp³-hybridized carbons (Fsp3) is 0.417. The lowest BCUT2D eigenvalue weighted by Crippen LogP contribution is -2.37. The molecule has 0 saturated carbocycles. The van der Waals surface area contributed by atoms with Crippen LogP contribution in [0, 0.1) is 0 Å². The van der Waals surface area contributed by atoms with Gasteiger partial charge in [-0.2, -0.15) is 0 Å². The summed E-state index contributed by atoms with van der Waals surface area (Å²) in [6.07, 6.45) is 0.653. The standard InChI is InChI=1S/C12H13Br2NO/c1-15-5-4-12(16)10(7-15)9-6-8(13)2-3-11(9)14/h2-3,6,10H,4-5,7H2,1H3. The summed E-state index contributed by atoms with van der Waals surface area (Å²) in [5.74, 6) is 0.350. The van der Waals surface area contributed by atoms with Crippen molar-refractivity contribution in [1.82, 2.24) is 4.90 Å². The van der Waals surface area contributed by atoms with Gasteiger partial charge in [0.25, 0.3) is 0 Å². The van der Waals surface area contributed by atoms with E-state index in [0.717, 1.165) is 27.6 Å². The molecule has 1 aliphatic rings. The Hall–Kier alpha value is -0.190. The maximum atomic E-state index is 11.9. The van der Waals surface area contributed by atoms with Gasteiger partial charge in [-0.25, -0.2) is 0 Å². The average molecular weight is 347 g/mol. The van der Waals surface area contributed by atoms with Crippen LogP contribution in [-0.2, 0) is 4.79 Å². The molecule has 0 bridgehead atoms. The number of Topliss-reactive ketones (excluding diaryl/α,β-unsaturated/α-hetero) is 1. The van der Waals surface area contributed by atoms with Gasteiger partial charge in [-0.15, -0.1) is 0 Å². The second kappa shape index (κ2) is 4.98. The van der Waals surface area contributed by atoms with E-state index in [4.69, 9.17) is 0 Å². The van der Waals surface area contributed by atoms with Gasteiger partial charge >= 0.3 is 0 Å². The number of nitrogens with zero attached hydrogens (tertiary/aromatic N) is 1. The van der Waals surface area contributed by atoms with E-state index in [0.29, 0.717) is 12.2 Å². The Labute approximate surface area is 112 Å². The van der Waals surface area contributed by atoms with Gasteiger partial charge in [-0.3, -0.25) is 4.79 Å². The van der Waals surface area contributed by atoms with Crippen LogP contribution in [0.4, 0.5) is 0 Å². The van der Waals surface area contributed by atoms with E-state index in [-0.39, 0.29) is 5.92 Å². The second-order valence-electron chi connectivity index (χ2n) is 4.20.